The first-order valence-electron chi connectivity index (χ1n) is 6.77. The largest absolute Gasteiger partial charge is 0.497 e. The van der Waals surface area contributed by atoms with Crippen molar-refractivity contribution in [2.24, 2.45) is 0 Å². The van der Waals surface area contributed by atoms with E-state index >= 15 is 0 Å². The molecule has 0 radical (unpaired) electrons. The van der Waals surface area contributed by atoms with Gasteiger partial charge in [0.05, 0.1) is 13.7 Å². The van der Waals surface area contributed by atoms with Crippen LogP contribution in [0.2, 0.25) is 0 Å². The van der Waals surface area contributed by atoms with Gasteiger partial charge in [0, 0.05) is 19.6 Å². The van der Waals surface area contributed by atoms with Crippen LogP contribution in [0.3, 0.4) is 0 Å². The molecule has 2 rings (SSSR count). The SMILES string of the molecule is C=CCN(CCO)Cc1ccc2cc(OC)ccc2c1. The molecule has 0 aliphatic heterocycles. The van der Waals surface area contributed by atoms with Crippen molar-refractivity contribution in [3.8, 4) is 5.75 Å². The molecule has 0 bridgehead atoms. The van der Waals surface area contributed by atoms with Crippen molar-refractivity contribution >= 4 is 10.8 Å². The molecule has 0 spiro atoms. The molecule has 0 aliphatic carbocycles. The smallest absolute Gasteiger partial charge is 0.119 e. The summed E-state index contributed by atoms with van der Waals surface area (Å²) in [4.78, 5) is 2.16. The quantitative estimate of drug-likeness (QED) is 0.786. The normalized spacial score (nSPS) is 10.9. The molecule has 0 atom stereocenters. The minimum Gasteiger partial charge on any atom is -0.497 e. The molecule has 3 nitrogen and oxygen atoms in total. The molecule has 0 unspecified atom stereocenters. The fourth-order valence-electron chi connectivity index (χ4n) is 2.32. The summed E-state index contributed by atoms with van der Waals surface area (Å²) in [5.41, 5.74) is 1.23. The van der Waals surface area contributed by atoms with Crippen LogP contribution >= 0.6 is 0 Å². The van der Waals surface area contributed by atoms with Crippen LogP contribution in [0.4, 0.5) is 0 Å². The fourth-order valence-corrected chi connectivity index (χ4v) is 2.32. The van der Waals surface area contributed by atoms with Gasteiger partial charge in [0.25, 0.3) is 0 Å². The van der Waals surface area contributed by atoms with E-state index in [9.17, 15) is 0 Å². The summed E-state index contributed by atoms with van der Waals surface area (Å²) in [5, 5.41) is 11.5. The molecule has 0 saturated carbocycles. The molecular formula is C17H21NO2. The number of aliphatic hydroxyl groups is 1. The zero-order valence-corrected chi connectivity index (χ0v) is 11.9. The summed E-state index contributed by atoms with van der Waals surface area (Å²) in [6.45, 7) is 6.17. The van der Waals surface area contributed by atoms with Gasteiger partial charge in [0.15, 0.2) is 0 Å². The maximum atomic E-state index is 9.08. The van der Waals surface area contributed by atoms with Gasteiger partial charge in [-0.3, -0.25) is 4.90 Å². The predicted octanol–water partition coefficient (Wildman–Crippen LogP) is 2.83. The lowest BCUT2D eigenvalue weighted by Gasteiger charge is -2.19. The van der Waals surface area contributed by atoms with Gasteiger partial charge in [0.2, 0.25) is 0 Å². The number of aliphatic hydroxyl groups excluding tert-OH is 1. The Morgan fingerprint density at radius 2 is 1.95 bits per heavy atom. The second-order valence-corrected chi connectivity index (χ2v) is 4.79. The van der Waals surface area contributed by atoms with Gasteiger partial charge in [0.1, 0.15) is 5.75 Å². The Hall–Kier alpha value is -1.84. The summed E-state index contributed by atoms with van der Waals surface area (Å²) >= 11 is 0. The lowest BCUT2D eigenvalue weighted by Crippen LogP contribution is -2.26. The number of nitrogens with zero attached hydrogens (tertiary/aromatic N) is 1. The zero-order valence-electron chi connectivity index (χ0n) is 11.9. The minimum atomic E-state index is 0.165. The van der Waals surface area contributed by atoms with Gasteiger partial charge in [-0.2, -0.15) is 0 Å². The molecule has 106 valence electrons. The van der Waals surface area contributed by atoms with Gasteiger partial charge in [-0.1, -0.05) is 24.3 Å². The maximum Gasteiger partial charge on any atom is 0.119 e. The van der Waals surface area contributed by atoms with Crippen molar-refractivity contribution in [3.05, 3.63) is 54.6 Å². The molecule has 0 aliphatic rings. The van der Waals surface area contributed by atoms with Crippen molar-refractivity contribution in [1.29, 1.82) is 0 Å². The predicted molar refractivity (Wildman–Crippen MR) is 83.1 cm³/mol. The van der Waals surface area contributed by atoms with Crippen LogP contribution in [-0.4, -0.2) is 36.8 Å². The van der Waals surface area contributed by atoms with Gasteiger partial charge >= 0.3 is 0 Å². The number of rotatable bonds is 7. The Balaban J connectivity index is 2.20. The lowest BCUT2D eigenvalue weighted by molar-refractivity contribution is 0.203. The molecule has 0 heterocycles. The highest BCUT2D eigenvalue weighted by Gasteiger charge is 2.05. The van der Waals surface area contributed by atoms with Crippen molar-refractivity contribution in [1.82, 2.24) is 4.90 Å². The van der Waals surface area contributed by atoms with E-state index in [0.717, 1.165) is 18.8 Å². The number of fused-ring (bicyclic) bond motifs is 1. The maximum absolute atomic E-state index is 9.08. The second-order valence-electron chi connectivity index (χ2n) is 4.79. The molecule has 2 aromatic carbocycles. The van der Waals surface area contributed by atoms with E-state index in [1.54, 1.807) is 7.11 Å². The van der Waals surface area contributed by atoms with E-state index in [0.29, 0.717) is 6.54 Å². The van der Waals surface area contributed by atoms with Crippen molar-refractivity contribution in [3.63, 3.8) is 0 Å². The van der Waals surface area contributed by atoms with Gasteiger partial charge in [-0.15, -0.1) is 6.58 Å². The Kier molecular flexibility index (Phi) is 5.16. The third kappa shape index (κ3) is 3.59. The zero-order chi connectivity index (χ0) is 14.4. The highest BCUT2D eigenvalue weighted by molar-refractivity contribution is 5.84. The second kappa shape index (κ2) is 7.08. The Bertz CT molecular complexity index is 580. The number of methoxy groups -OCH3 is 1. The van der Waals surface area contributed by atoms with E-state index in [2.05, 4.69) is 35.7 Å². The monoisotopic (exact) mass is 271 g/mol. The molecule has 3 heteroatoms. The van der Waals surface area contributed by atoms with Crippen molar-refractivity contribution in [2.45, 2.75) is 6.54 Å². The van der Waals surface area contributed by atoms with Crippen LogP contribution in [0.15, 0.2) is 49.1 Å². The van der Waals surface area contributed by atoms with Crippen LogP contribution in [0, 0.1) is 0 Å². The Morgan fingerprint density at radius 1 is 1.20 bits per heavy atom. The molecule has 20 heavy (non-hydrogen) atoms. The lowest BCUT2D eigenvalue weighted by atomic mass is 10.1. The van der Waals surface area contributed by atoms with Crippen LogP contribution in [0.25, 0.3) is 10.8 Å². The third-order valence-electron chi connectivity index (χ3n) is 3.32. The third-order valence-corrected chi connectivity index (χ3v) is 3.32. The molecule has 0 fully saturated rings. The van der Waals surface area contributed by atoms with Crippen LogP contribution < -0.4 is 4.74 Å². The van der Waals surface area contributed by atoms with Gasteiger partial charge < -0.3 is 9.84 Å². The number of ether oxygens (including phenoxy) is 1. The Morgan fingerprint density at radius 3 is 2.65 bits per heavy atom. The summed E-state index contributed by atoms with van der Waals surface area (Å²) in [5.74, 6) is 0.874. The number of hydrogen-bond donors (Lipinski definition) is 1. The van der Waals surface area contributed by atoms with Gasteiger partial charge in [-0.25, -0.2) is 0 Å². The van der Waals surface area contributed by atoms with Crippen molar-refractivity contribution in [2.75, 3.05) is 26.8 Å². The van der Waals surface area contributed by atoms with E-state index < -0.39 is 0 Å². The van der Waals surface area contributed by atoms with E-state index in [1.165, 1.54) is 16.3 Å². The molecular weight excluding hydrogens is 250 g/mol. The fraction of sp³-hybridized carbons (Fsp3) is 0.294. The molecule has 0 aromatic heterocycles. The number of hydrogen-bond acceptors (Lipinski definition) is 3. The summed E-state index contributed by atoms with van der Waals surface area (Å²) < 4.78 is 5.23. The summed E-state index contributed by atoms with van der Waals surface area (Å²) in [6, 6.07) is 12.5. The molecule has 1 N–H and O–H groups in total. The summed E-state index contributed by atoms with van der Waals surface area (Å²) in [6.07, 6.45) is 1.86. The summed E-state index contributed by atoms with van der Waals surface area (Å²) in [7, 11) is 1.68. The first-order valence-corrected chi connectivity index (χ1v) is 6.77. The van der Waals surface area contributed by atoms with Crippen LogP contribution in [-0.2, 0) is 6.54 Å². The van der Waals surface area contributed by atoms with Gasteiger partial charge in [-0.05, 0) is 34.5 Å². The van der Waals surface area contributed by atoms with E-state index in [-0.39, 0.29) is 6.61 Å². The van der Waals surface area contributed by atoms with Crippen molar-refractivity contribution < 1.29 is 9.84 Å². The first-order chi connectivity index (χ1) is 9.76. The highest BCUT2D eigenvalue weighted by atomic mass is 16.5. The van der Waals surface area contributed by atoms with Crippen LogP contribution in [0.1, 0.15) is 5.56 Å². The first kappa shape index (κ1) is 14.6. The minimum absolute atomic E-state index is 0.165. The Labute approximate surface area is 120 Å². The highest BCUT2D eigenvalue weighted by Crippen LogP contribution is 2.22. The number of benzene rings is 2. The average Bonchev–Trinajstić information content (AvgIpc) is 2.47. The molecule has 2 aromatic rings. The topological polar surface area (TPSA) is 32.7 Å². The van der Waals surface area contributed by atoms with E-state index in [4.69, 9.17) is 9.84 Å². The standard InChI is InChI=1S/C17H21NO2/c1-3-8-18(9-10-19)13-14-4-5-16-12-17(20-2)7-6-15(16)11-14/h3-7,11-12,19H,1,8-10,13H2,2H3. The molecule has 0 amide bonds. The van der Waals surface area contributed by atoms with E-state index in [1.807, 2.05) is 18.2 Å². The van der Waals surface area contributed by atoms with Crippen LogP contribution in [0.5, 0.6) is 5.75 Å². The molecule has 0 saturated heterocycles. The average molecular weight is 271 g/mol.